The molecule has 1 rings (SSSR count). The van der Waals surface area contributed by atoms with Crippen LogP contribution in [-0.4, -0.2) is 82.1 Å². The number of hydrogen-bond donors (Lipinski definition) is 1. The highest BCUT2D eigenvalue weighted by molar-refractivity contribution is 4.80. The number of alkyl halides is 3. The number of nitrogens with one attached hydrogen (secondary N) is 1. The molecule has 1 heterocycles. The van der Waals surface area contributed by atoms with Crippen LogP contribution in [0.15, 0.2) is 0 Å². The molecule has 18 heavy (non-hydrogen) atoms. The molecule has 0 saturated carbocycles. The second-order valence-electron chi connectivity index (χ2n) is 4.77. The van der Waals surface area contributed by atoms with Gasteiger partial charge in [0, 0.05) is 38.8 Å². The maximum Gasteiger partial charge on any atom is 0.411 e. The lowest BCUT2D eigenvalue weighted by Gasteiger charge is -2.37. The lowest BCUT2D eigenvalue weighted by atomic mass is 10.2. The van der Waals surface area contributed by atoms with Gasteiger partial charge in [-0.05, 0) is 14.1 Å². The van der Waals surface area contributed by atoms with Crippen molar-refractivity contribution < 1.29 is 17.9 Å². The Morgan fingerprint density at radius 3 is 2.67 bits per heavy atom. The lowest BCUT2D eigenvalue weighted by molar-refractivity contribution is -0.173. The SMILES string of the molecule is CN1CCN(C)C(CNCCOCC(F)(F)F)C1. The van der Waals surface area contributed by atoms with E-state index in [1.54, 1.807) is 0 Å². The van der Waals surface area contributed by atoms with E-state index < -0.39 is 12.8 Å². The van der Waals surface area contributed by atoms with E-state index in [9.17, 15) is 13.2 Å². The first-order chi connectivity index (χ1) is 8.38. The highest BCUT2D eigenvalue weighted by Gasteiger charge is 2.27. The quantitative estimate of drug-likeness (QED) is 0.707. The van der Waals surface area contributed by atoms with Gasteiger partial charge in [-0.2, -0.15) is 13.2 Å². The third-order valence-electron chi connectivity index (χ3n) is 3.05. The van der Waals surface area contributed by atoms with Gasteiger partial charge in [0.15, 0.2) is 0 Å². The summed E-state index contributed by atoms with van der Waals surface area (Å²) < 4.78 is 39.9. The van der Waals surface area contributed by atoms with Crippen molar-refractivity contribution in [3.05, 3.63) is 0 Å². The Morgan fingerprint density at radius 1 is 1.28 bits per heavy atom. The Bertz CT molecular complexity index is 238. The van der Waals surface area contributed by atoms with Crippen LogP contribution in [0, 0.1) is 0 Å². The van der Waals surface area contributed by atoms with Gasteiger partial charge in [-0.3, -0.25) is 4.90 Å². The molecule has 0 aromatic heterocycles. The second-order valence-corrected chi connectivity index (χ2v) is 4.77. The van der Waals surface area contributed by atoms with Crippen molar-refractivity contribution in [2.45, 2.75) is 12.2 Å². The van der Waals surface area contributed by atoms with E-state index in [1.165, 1.54) is 0 Å². The zero-order chi connectivity index (χ0) is 13.6. The minimum absolute atomic E-state index is 0.0891. The van der Waals surface area contributed by atoms with E-state index in [4.69, 9.17) is 0 Å². The van der Waals surface area contributed by atoms with Gasteiger partial charge in [-0.1, -0.05) is 0 Å². The first kappa shape index (κ1) is 15.7. The normalized spacial score (nSPS) is 23.5. The second kappa shape index (κ2) is 7.28. The number of likely N-dealkylation sites (N-methyl/N-ethyl adjacent to an activating group) is 2. The summed E-state index contributed by atoms with van der Waals surface area (Å²) >= 11 is 0. The molecule has 7 heteroatoms. The predicted molar refractivity (Wildman–Crippen MR) is 63.7 cm³/mol. The van der Waals surface area contributed by atoms with Crippen LogP contribution in [0.3, 0.4) is 0 Å². The zero-order valence-corrected chi connectivity index (χ0v) is 11.0. The maximum absolute atomic E-state index is 11.8. The molecule has 0 aromatic carbocycles. The number of halogens is 3. The van der Waals surface area contributed by atoms with E-state index >= 15 is 0 Å². The summed E-state index contributed by atoms with van der Waals surface area (Å²) in [4.78, 5) is 4.52. The lowest BCUT2D eigenvalue weighted by Crippen LogP contribution is -2.54. The fraction of sp³-hybridized carbons (Fsp3) is 1.00. The molecule has 1 atom stereocenters. The third kappa shape index (κ3) is 6.53. The van der Waals surface area contributed by atoms with Gasteiger partial charge in [-0.25, -0.2) is 0 Å². The van der Waals surface area contributed by atoms with Gasteiger partial charge in [0.05, 0.1) is 6.61 Å². The maximum atomic E-state index is 11.8. The molecule has 1 N–H and O–H groups in total. The number of hydrogen-bond acceptors (Lipinski definition) is 4. The van der Waals surface area contributed by atoms with Crippen LogP contribution >= 0.6 is 0 Å². The summed E-state index contributed by atoms with van der Waals surface area (Å²) in [5, 5.41) is 3.13. The monoisotopic (exact) mass is 269 g/mol. The van der Waals surface area contributed by atoms with Gasteiger partial charge < -0.3 is 15.0 Å². The van der Waals surface area contributed by atoms with Crippen molar-refractivity contribution in [1.29, 1.82) is 0 Å². The molecule has 0 amide bonds. The van der Waals surface area contributed by atoms with Crippen LogP contribution in [0.25, 0.3) is 0 Å². The Balaban J connectivity index is 2.03. The Hall–Kier alpha value is -0.370. The third-order valence-corrected chi connectivity index (χ3v) is 3.05. The molecular formula is C11H22F3N3O. The van der Waals surface area contributed by atoms with Gasteiger partial charge in [0.1, 0.15) is 6.61 Å². The van der Waals surface area contributed by atoms with E-state index in [1.807, 2.05) is 0 Å². The molecule has 1 aliphatic heterocycles. The number of ether oxygens (including phenoxy) is 1. The van der Waals surface area contributed by atoms with E-state index in [0.717, 1.165) is 26.2 Å². The summed E-state index contributed by atoms with van der Waals surface area (Å²) in [5.74, 6) is 0. The first-order valence-corrected chi connectivity index (χ1v) is 6.12. The molecule has 0 bridgehead atoms. The van der Waals surface area contributed by atoms with Crippen molar-refractivity contribution in [2.75, 3.05) is 60.0 Å². The fourth-order valence-corrected chi connectivity index (χ4v) is 1.92. The predicted octanol–water partition coefficient (Wildman–Crippen LogP) is 0.401. The topological polar surface area (TPSA) is 27.7 Å². The van der Waals surface area contributed by atoms with Crippen molar-refractivity contribution in [2.24, 2.45) is 0 Å². The van der Waals surface area contributed by atoms with Gasteiger partial charge in [-0.15, -0.1) is 0 Å². The van der Waals surface area contributed by atoms with Crippen LogP contribution in [0.2, 0.25) is 0 Å². The van der Waals surface area contributed by atoms with E-state index in [2.05, 4.69) is 33.9 Å². The van der Waals surface area contributed by atoms with E-state index in [0.29, 0.717) is 12.6 Å². The Morgan fingerprint density at radius 2 is 2.00 bits per heavy atom. The van der Waals surface area contributed by atoms with Crippen molar-refractivity contribution in [1.82, 2.24) is 15.1 Å². The molecule has 1 fully saturated rings. The van der Waals surface area contributed by atoms with Crippen molar-refractivity contribution >= 4 is 0 Å². The molecule has 0 aliphatic carbocycles. The fourth-order valence-electron chi connectivity index (χ4n) is 1.92. The van der Waals surface area contributed by atoms with Crippen LogP contribution < -0.4 is 5.32 Å². The van der Waals surface area contributed by atoms with E-state index in [-0.39, 0.29) is 6.61 Å². The highest BCUT2D eigenvalue weighted by atomic mass is 19.4. The highest BCUT2D eigenvalue weighted by Crippen LogP contribution is 2.13. The van der Waals surface area contributed by atoms with Crippen LogP contribution in [0.4, 0.5) is 13.2 Å². The molecule has 108 valence electrons. The average Bonchev–Trinajstić information content (AvgIpc) is 2.26. The molecular weight excluding hydrogens is 247 g/mol. The molecule has 4 nitrogen and oxygen atoms in total. The summed E-state index contributed by atoms with van der Waals surface area (Å²) in [6, 6.07) is 0.409. The smallest absolute Gasteiger partial charge is 0.371 e. The van der Waals surface area contributed by atoms with Crippen LogP contribution in [-0.2, 0) is 4.74 Å². The molecule has 0 radical (unpaired) electrons. The summed E-state index contributed by atoms with van der Waals surface area (Å²) in [6.45, 7) is 3.20. The Kier molecular flexibility index (Phi) is 6.34. The molecule has 0 aromatic rings. The summed E-state index contributed by atoms with van der Waals surface area (Å²) in [5.41, 5.74) is 0. The summed E-state index contributed by atoms with van der Waals surface area (Å²) in [7, 11) is 4.14. The van der Waals surface area contributed by atoms with Gasteiger partial charge in [0.25, 0.3) is 0 Å². The molecule has 1 unspecified atom stereocenters. The zero-order valence-electron chi connectivity index (χ0n) is 11.0. The largest absolute Gasteiger partial charge is 0.411 e. The Labute approximate surface area is 106 Å². The van der Waals surface area contributed by atoms with Crippen LogP contribution in [0.5, 0.6) is 0 Å². The van der Waals surface area contributed by atoms with Crippen molar-refractivity contribution in [3.8, 4) is 0 Å². The number of nitrogens with zero attached hydrogens (tertiary/aromatic N) is 2. The standard InChI is InChI=1S/C11H22F3N3O/c1-16-4-5-17(2)10(8-16)7-15-3-6-18-9-11(12,13)14/h10,15H,3-9H2,1-2H3. The average molecular weight is 269 g/mol. The van der Waals surface area contributed by atoms with Crippen LogP contribution in [0.1, 0.15) is 0 Å². The first-order valence-electron chi connectivity index (χ1n) is 6.12. The molecule has 1 saturated heterocycles. The molecule has 1 aliphatic rings. The minimum atomic E-state index is -4.23. The van der Waals surface area contributed by atoms with Crippen molar-refractivity contribution in [3.63, 3.8) is 0 Å². The van der Waals surface area contributed by atoms with Gasteiger partial charge >= 0.3 is 6.18 Å². The minimum Gasteiger partial charge on any atom is -0.371 e. The molecule has 0 spiro atoms. The number of piperazine rings is 1. The summed E-state index contributed by atoms with van der Waals surface area (Å²) in [6.07, 6.45) is -4.23. The number of rotatable bonds is 6. The van der Waals surface area contributed by atoms with Gasteiger partial charge in [0.2, 0.25) is 0 Å².